The van der Waals surface area contributed by atoms with E-state index in [4.69, 9.17) is 9.47 Å². The van der Waals surface area contributed by atoms with Crippen LogP contribution < -0.4 is 10.1 Å². The number of amides is 1. The van der Waals surface area contributed by atoms with Crippen molar-refractivity contribution in [3.8, 4) is 5.75 Å². The van der Waals surface area contributed by atoms with Gasteiger partial charge in [-0.15, -0.1) is 0 Å². The van der Waals surface area contributed by atoms with E-state index in [-0.39, 0.29) is 29.9 Å². The van der Waals surface area contributed by atoms with Crippen molar-refractivity contribution >= 4 is 11.9 Å². The quantitative estimate of drug-likeness (QED) is 0.603. The first-order valence-electron chi connectivity index (χ1n) is 8.67. The summed E-state index contributed by atoms with van der Waals surface area (Å²) in [5.74, 6) is 0.0951. The standard InChI is InChI=1S/C20H31NO4/c1-19(2,3)15-9-11-16(12-10-15)24-13-7-8-18(23)25-14-17(22)21-20(4,5)6/h9-12H,7-8,13-14H2,1-6H3,(H,21,22). The van der Waals surface area contributed by atoms with Crippen LogP contribution in [0, 0.1) is 0 Å². The minimum atomic E-state index is -0.393. The zero-order valence-electron chi connectivity index (χ0n) is 16.3. The average Bonchev–Trinajstić information content (AvgIpc) is 2.47. The van der Waals surface area contributed by atoms with Crippen molar-refractivity contribution in [1.29, 1.82) is 0 Å². The first-order valence-corrected chi connectivity index (χ1v) is 8.67. The highest BCUT2D eigenvalue weighted by molar-refractivity contribution is 5.80. The molecule has 140 valence electrons. The molecule has 0 fully saturated rings. The van der Waals surface area contributed by atoms with Gasteiger partial charge in [0.1, 0.15) is 5.75 Å². The summed E-state index contributed by atoms with van der Waals surface area (Å²) < 4.78 is 10.6. The molecule has 5 nitrogen and oxygen atoms in total. The van der Waals surface area contributed by atoms with Gasteiger partial charge in [-0.3, -0.25) is 9.59 Å². The summed E-state index contributed by atoms with van der Waals surface area (Å²) in [6.45, 7) is 12.3. The Kier molecular flexibility index (Phi) is 7.46. The number of nitrogens with one attached hydrogen (secondary N) is 1. The third-order valence-corrected chi connectivity index (χ3v) is 3.39. The lowest BCUT2D eigenvalue weighted by Gasteiger charge is -2.20. The van der Waals surface area contributed by atoms with Crippen molar-refractivity contribution in [2.45, 2.75) is 65.3 Å². The molecule has 0 saturated carbocycles. The second-order valence-corrected chi connectivity index (χ2v) is 8.19. The molecule has 1 N–H and O–H groups in total. The fourth-order valence-electron chi connectivity index (χ4n) is 2.13. The largest absolute Gasteiger partial charge is 0.494 e. The predicted octanol–water partition coefficient (Wildman–Crippen LogP) is 3.60. The average molecular weight is 349 g/mol. The first kappa shape index (κ1) is 21.0. The number of hydrogen-bond acceptors (Lipinski definition) is 4. The van der Waals surface area contributed by atoms with Gasteiger partial charge in [0.05, 0.1) is 6.61 Å². The Hall–Kier alpha value is -2.04. The van der Waals surface area contributed by atoms with Crippen LogP contribution in [0.25, 0.3) is 0 Å². The lowest BCUT2D eigenvalue weighted by molar-refractivity contribution is -0.149. The van der Waals surface area contributed by atoms with Crippen LogP contribution in [0.5, 0.6) is 5.75 Å². The van der Waals surface area contributed by atoms with Gasteiger partial charge in [-0.25, -0.2) is 0 Å². The van der Waals surface area contributed by atoms with E-state index in [2.05, 4.69) is 38.2 Å². The Labute approximate surface area is 151 Å². The van der Waals surface area contributed by atoms with Crippen LogP contribution in [-0.2, 0) is 19.7 Å². The number of carbonyl (C=O) groups excluding carboxylic acids is 2. The Morgan fingerprint density at radius 3 is 2.12 bits per heavy atom. The van der Waals surface area contributed by atoms with E-state index in [1.807, 2.05) is 32.9 Å². The molecule has 0 aromatic heterocycles. The summed E-state index contributed by atoms with van der Waals surface area (Å²) in [6, 6.07) is 7.99. The van der Waals surface area contributed by atoms with E-state index < -0.39 is 5.97 Å². The van der Waals surface area contributed by atoms with Gasteiger partial charge < -0.3 is 14.8 Å². The molecule has 1 aromatic rings. The highest BCUT2D eigenvalue weighted by atomic mass is 16.5. The van der Waals surface area contributed by atoms with Gasteiger partial charge in [0, 0.05) is 12.0 Å². The van der Waals surface area contributed by atoms with Gasteiger partial charge in [0.25, 0.3) is 5.91 Å². The van der Waals surface area contributed by atoms with Crippen molar-refractivity contribution in [2.75, 3.05) is 13.2 Å². The second-order valence-electron chi connectivity index (χ2n) is 8.19. The highest BCUT2D eigenvalue weighted by Crippen LogP contribution is 2.24. The van der Waals surface area contributed by atoms with E-state index in [1.54, 1.807) is 0 Å². The van der Waals surface area contributed by atoms with Crippen molar-refractivity contribution in [2.24, 2.45) is 0 Å². The van der Waals surface area contributed by atoms with E-state index in [0.29, 0.717) is 13.0 Å². The van der Waals surface area contributed by atoms with Crippen LogP contribution in [0.3, 0.4) is 0 Å². The number of benzene rings is 1. The van der Waals surface area contributed by atoms with Crippen molar-refractivity contribution < 1.29 is 19.1 Å². The third kappa shape index (κ3) is 9.13. The highest BCUT2D eigenvalue weighted by Gasteiger charge is 2.15. The second kappa shape index (κ2) is 8.88. The van der Waals surface area contributed by atoms with Crippen LogP contribution in [0.15, 0.2) is 24.3 Å². The summed E-state index contributed by atoms with van der Waals surface area (Å²) >= 11 is 0. The molecule has 25 heavy (non-hydrogen) atoms. The van der Waals surface area contributed by atoms with Gasteiger partial charge in [0.2, 0.25) is 0 Å². The zero-order valence-corrected chi connectivity index (χ0v) is 16.3. The number of hydrogen-bond donors (Lipinski definition) is 1. The van der Waals surface area contributed by atoms with Gasteiger partial charge in [0.15, 0.2) is 6.61 Å². The van der Waals surface area contributed by atoms with Crippen molar-refractivity contribution in [3.63, 3.8) is 0 Å². The van der Waals surface area contributed by atoms with Gasteiger partial charge >= 0.3 is 5.97 Å². The predicted molar refractivity (Wildman–Crippen MR) is 98.7 cm³/mol. The summed E-state index contributed by atoms with van der Waals surface area (Å²) in [5.41, 5.74) is 1.03. The molecule has 0 heterocycles. The maximum absolute atomic E-state index is 11.6. The van der Waals surface area contributed by atoms with Crippen molar-refractivity contribution in [3.05, 3.63) is 29.8 Å². The molecule has 0 unspecified atom stereocenters. The van der Waals surface area contributed by atoms with Gasteiger partial charge in [-0.2, -0.15) is 0 Å². The topological polar surface area (TPSA) is 64.6 Å². The third-order valence-electron chi connectivity index (χ3n) is 3.39. The maximum atomic E-state index is 11.6. The Bertz CT molecular complexity index is 565. The minimum Gasteiger partial charge on any atom is -0.494 e. The fraction of sp³-hybridized carbons (Fsp3) is 0.600. The van der Waals surface area contributed by atoms with Crippen LogP contribution >= 0.6 is 0 Å². The molecule has 0 saturated heterocycles. The van der Waals surface area contributed by atoms with Crippen LogP contribution in [0.1, 0.15) is 59.9 Å². The molecule has 0 spiro atoms. The van der Waals surface area contributed by atoms with E-state index in [1.165, 1.54) is 5.56 Å². The normalized spacial score (nSPS) is 11.8. The smallest absolute Gasteiger partial charge is 0.306 e. The maximum Gasteiger partial charge on any atom is 0.306 e. The monoisotopic (exact) mass is 349 g/mol. The molecule has 0 aliphatic rings. The summed E-state index contributed by atoms with van der Waals surface area (Å²) in [6.07, 6.45) is 0.767. The van der Waals surface area contributed by atoms with Crippen molar-refractivity contribution in [1.82, 2.24) is 5.32 Å². The van der Waals surface area contributed by atoms with E-state index >= 15 is 0 Å². The number of esters is 1. The molecule has 1 amide bonds. The van der Waals surface area contributed by atoms with Gasteiger partial charge in [-0.1, -0.05) is 32.9 Å². The summed E-state index contributed by atoms with van der Waals surface area (Å²) in [5, 5.41) is 2.74. The van der Waals surface area contributed by atoms with Crippen LogP contribution in [0.2, 0.25) is 0 Å². The minimum absolute atomic E-state index is 0.113. The Balaban J connectivity index is 2.22. The molecule has 1 rings (SSSR count). The molecule has 0 atom stereocenters. The molecule has 0 aliphatic carbocycles. The van der Waals surface area contributed by atoms with Crippen LogP contribution in [0.4, 0.5) is 0 Å². The molecule has 0 radical (unpaired) electrons. The Morgan fingerprint density at radius 1 is 1.00 bits per heavy atom. The molecular weight excluding hydrogens is 318 g/mol. The number of carbonyl (C=O) groups is 2. The first-order chi connectivity index (χ1) is 11.5. The SMILES string of the molecule is CC(C)(C)NC(=O)COC(=O)CCCOc1ccc(C(C)(C)C)cc1. The Morgan fingerprint density at radius 2 is 1.60 bits per heavy atom. The molecular formula is C20H31NO4. The molecule has 0 bridgehead atoms. The number of ether oxygens (including phenoxy) is 2. The molecule has 0 aliphatic heterocycles. The summed E-state index contributed by atoms with van der Waals surface area (Å²) in [4.78, 5) is 23.2. The van der Waals surface area contributed by atoms with E-state index in [0.717, 1.165) is 5.75 Å². The van der Waals surface area contributed by atoms with Gasteiger partial charge in [-0.05, 0) is 50.3 Å². The lowest BCUT2D eigenvalue weighted by atomic mass is 9.87. The lowest BCUT2D eigenvalue weighted by Crippen LogP contribution is -2.42. The molecule has 1 aromatic carbocycles. The fourth-order valence-corrected chi connectivity index (χ4v) is 2.13. The zero-order chi connectivity index (χ0) is 19.1. The van der Waals surface area contributed by atoms with Crippen LogP contribution in [-0.4, -0.2) is 30.6 Å². The number of rotatable bonds is 7. The summed E-state index contributed by atoms with van der Waals surface area (Å²) in [7, 11) is 0. The van der Waals surface area contributed by atoms with E-state index in [9.17, 15) is 9.59 Å². The molecule has 5 heteroatoms.